The van der Waals surface area contributed by atoms with Crippen LogP contribution in [0.3, 0.4) is 0 Å². The molecule has 0 aromatic carbocycles. The van der Waals surface area contributed by atoms with Gasteiger partial charge in [-0.1, -0.05) is 6.08 Å². The summed E-state index contributed by atoms with van der Waals surface area (Å²) < 4.78 is 5.34. The lowest BCUT2D eigenvalue weighted by Gasteiger charge is -2.08. The van der Waals surface area contributed by atoms with Gasteiger partial charge in [-0.25, -0.2) is 0 Å². The Kier molecular flexibility index (Phi) is 3.80. The first kappa shape index (κ1) is 9.26. The summed E-state index contributed by atoms with van der Waals surface area (Å²) in [5.74, 6) is -0.0343. The molecule has 3 heteroatoms. The Hall–Kier alpha value is -0.830. The van der Waals surface area contributed by atoms with Crippen LogP contribution >= 0.6 is 0 Å². The zero-order valence-electron chi connectivity index (χ0n) is 7.38. The van der Waals surface area contributed by atoms with E-state index in [2.05, 4.69) is 5.32 Å². The molecule has 0 aliphatic carbocycles. The maximum atomic E-state index is 10.9. The smallest absolute Gasteiger partial charge is 0.243 e. The second-order valence-electron chi connectivity index (χ2n) is 2.88. The van der Waals surface area contributed by atoms with E-state index in [9.17, 15) is 4.79 Å². The fourth-order valence-corrected chi connectivity index (χ4v) is 1.23. The average molecular weight is 169 g/mol. The topological polar surface area (TPSA) is 38.3 Å². The number of amides is 1. The number of hydrogen-bond donors (Lipinski definition) is 1. The summed E-state index contributed by atoms with van der Waals surface area (Å²) in [6, 6.07) is 0. The molecule has 0 radical (unpaired) electrons. The maximum Gasteiger partial charge on any atom is 0.243 e. The highest BCUT2D eigenvalue weighted by Crippen LogP contribution is 2.10. The largest absolute Gasteiger partial charge is 0.376 e. The maximum absolute atomic E-state index is 10.9. The summed E-state index contributed by atoms with van der Waals surface area (Å²) in [5.41, 5.74) is 0. The van der Waals surface area contributed by atoms with Crippen LogP contribution in [0.1, 0.15) is 19.8 Å². The summed E-state index contributed by atoms with van der Waals surface area (Å²) in [5, 5.41) is 2.77. The van der Waals surface area contributed by atoms with Crippen molar-refractivity contribution >= 4 is 5.91 Å². The molecule has 0 aromatic rings. The Morgan fingerprint density at radius 2 is 2.58 bits per heavy atom. The molecule has 1 heterocycles. The number of hydrogen-bond acceptors (Lipinski definition) is 2. The standard InChI is InChI=1S/C9H15NO2/c1-2-4-9(11)10-7-8-5-3-6-12-8/h2,4,8H,3,5-7H2,1H3,(H,10,11). The van der Waals surface area contributed by atoms with Gasteiger partial charge in [0, 0.05) is 13.2 Å². The van der Waals surface area contributed by atoms with Crippen molar-refractivity contribution in [3.05, 3.63) is 12.2 Å². The molecule has 1 aliphatic heterocycles. The molecular formula is C9H15NO2. The van der Waals surface area contributed by atoms with Crippen molar-refractivity contribution in [2.24, 2.45) is 0 Å². The third-order valence-electron chi connectivity index (χ3n) is 1.85. The van der Waals surface area contributed by atoms with Gasteiger partial charge < -0.3 is 10.1 Å². The normalized spacial score (nSPS) is 23.2. The van der Waals surface area contributed by atoms with Gasteiger partial charge in [0.25, 0.3) is 0 Å². The molecule has 0 saturated carbocycles. The van der Waals surface area contributed by atoms with Crippen molar-refractivity contribution in [2.45, 2.75) is 25.9 Å². The Morgan fingerprint density at radius 3 is 3.17 bits per heavy atom. The molecule has 1 aliphatic rings. The summed E-state index contributed by atoms with van der Waals surface area (Å²) in [6.07, 6.45) is 5.67. The molecule has 1 rings (SSSR count). The third-order valence-corrected chi connectivity index (χ3v) is 1.85. The predicted octanol–water partition coefficient (Wildman–Crippen LogP) is 0.858. The molecule has 3 nitrogen and oxygen atoms in total. The minimum Gasteiger partial charge on any atom is -0.376 e. The number of nitrogens with one attached hydrogen (secondary N) is 1. The van der Waals surface area contributed by atoms with Crippen LogP contribution in [0, 0.1) is 0 Å². The van der Waals surface area contributed by atoms with Gasteiger partial charge in [0.2, 0.25) is 5.91 Å². The highest BCUT2D eigenvalue weighted by molar-refractivity contribution is 5.87. The van der Waals surface area contributed by atoms with Crippen molar-refractivity contribution in [3.63, 3.8) is 0 Å². The summed E-state index contributed by atoms with van der Waals surface area (Å²) in [7, 11) is 0. The van der Waals surface area contributed by atoms with E-state index in [-0.39, 0.29) is 12.0 Å². The average Bonchev–Trinajstić information content (AvgIpc) is 2.53. The van der Waals surface area contributed by atoms with Crippen LogP contribution in [0.2, 0.25) is 0 Å². The van der Waals surface area contributed by atoms with Crippen LogP contribution in [-0.2, 0) is 9.53 Å². The van der Waals surface area contributed by atoms with Crippen LogP contribution < -0.4 is 5.32 Å². The minimum atomic E-state index is -0.0343. The van der Waals surface area contributed by atoms with Crippen molar-refractivity contribution in [1.82, 2.24) is 5.32 Å². The first-order valence-corrected chi connectivity index (χ1v) is 4.35. The van der Waals surface area contributed by atoms with Gasteiger partial charge in [-0.3, -0.25) is 4.79 Å². The number of rotatable bonds is 3. The molecule has 0 spiro atoms. The Labute approximate surface area is 72.8 Å². The molecular weight excluding hydrogens is 154 g/mol. The SMILES string of the molecule is CC=CC(=O)NCC1CCCO1. The second-order valence-corrected chi connectivity index (χ2v) is 2.88. The van der Waals surface area contributed by atoms with Crippen molar-refractivity contribution < 1.29 is 9.53 Å². The summed E-state index contributed by atoms with van der Waals surface area (Å²) in [4.78, 5) is 10.9. The first-order valence-electron chi connectivity index (χ1n) is 4.35. The van der Waals surface area contributed by atoms with Gasteiger partial charge in [-0.05, 0) is 25.8 Å². The fraction of sp³-hybridized carbons (Fsp3) is 0.667. The van der Waals surface area contributed by atoms with Gasteiger partial charge in [0.15, 0.2) is 0 Å². The fourth-order valence-electron chi connectivity index (χ4n) is 1.23. The number of ether oxygens (including phenoxy) is 1. The first-order chi connectivity index (χ1) is 5.83. The molecule has 0 bridgehead atoms. The molecule has 1 atom stereocenters. The lowest BCUT2D eigenvalue weighted by atomic mass is 10.2. The van der Waals surface area contributed by atoms with Gasteiger partial charge >= 0.3 is 0 Å². The van der Waals surface area contributed by atoms with Crippen LogP contribution in [0.25, 0.3) is 0 Å². The Balaban J connectivity index is 2.11. The van der Waals surface area contributed by atoms with E-state index >= 15 is 0 Å². The van der Waals surface area contributed by atoms with Gasteiger partial charge in [0.05, 0.1) is 6.10 Å². The Morgan fingerprint density at radius 1 is 1.75 bits per heavy atom. The second kappa shape index (κ2) is 4.93. The highest BCUT2D eigenvalue weighted by Gasteiger charge is 2.15. The molecule has 0 aromatic heterocycles. The lowest BCUT2D eigenvalue weighted by Crippen LogP contribution is -2.30. The third kappa shape index (κ3) is 3.05. The van der Waals surface area contributed by atoms with E-state index in [4.69, 9.17) is 4.74 Å². The van der Waals surface area contributed by atoms with Gasteiger partial charge in [0.1, 0.15) is 0 Å². The zero-order chi connectivity index (χ0) is 8.81. The zero-order valence-corrected chi connectivity index (χ0v) is 7.38. The van der Waals surface area contributed by atoms with E-state index in [1.165, 1.54) is 6.08 Å². The van der Waals surface area contributed by atoms with Crippen molar-refractivity contribution in [1.29, 1.82) is 0 Å². The quantitative estimate of drug-likeness (QED) is 0.636. The summed E-state index contributed by atoms with van der Waals surface area (Å²) >= 11 is 0. The molecule has 1 N–H and O–H groups in total. The van der Waals surface area contributed by atoms with E-state index in [0.29, 0.717) is 6.54 Å². The van der Waals surface area contributed by atoms with Crippen molar-refractivity contribution in [3.8, 4) is 0 Å². The lowest BCUT2D eigenvalue weighted by molar-refractivity contribution is -0.117. The molecule has 1 saturated heterocycles. The highest BCUT2D eigenvalue weighted by atomic mass is 16.5. The van der Waals surface area contributed by atoms with Crippen LogP contribution in [0.15, 0.2) is 12.2 Å². The number of allylic oxidation sites excluding steroid dienone is 1. The Bertz CT molecular complexity index is 171. The van der Waals surface area contributed by atoms with E-state index in [1.54, 1.807) is 6.08 Å². The molecule has 1 fully saturated rings. The molecule has 68 valence electrons. The minimum absolute atomic E-state index is 0.0343. The van der Waals surface area contributed by atoms with E-state index in [1.807, 2.05) is 6.92 Å². The summed E-state index contributed by atoms with van der Waals surface area (Å²) in [6.45, 7) is 3.30. The van der Waals surface area contributed by atoms with Crippen LogP contribution in [-0.4, -0.2) is 25.2 Å². The van der Waals surface area contributed by atoms with E-state index in [0.717, 1.165) is 19.4 Å². The van der Waals surface area contributed by atoms with Crippen LogP contribution in [0.5, 0.6) is 0 Å². The number of carbonyl (C=O) groups excluding carboxylic acids is 1. The molecule has 12 heavy (non-hydrogen) atoms. The predicted molar refractivity (Wildman–Crippen MR) is 46.8 cm³/mol. The monoisotopic (exact) mass is 169 g/mol. The molecule has 1 amide bonds. The van der Waals surface area contributed by atoms with Crippen LogP contribution in [0.4, 0.5) is 0 Å². The van der Waals surface area contributed by atoms with Gasteiger partial charge in [-0.15, -0.1) is 0 Å². The molecule has 1 unspecified atom stereocenters. The number of carbonyl (C=O) groups is 1. The van der Waals surface area contributed by atoms with Crippen molar-refractivity contribution in [2.75, 3.05) is 13.2 Å². The van der Waals surface area contributed by atoms with E-state index < -0.39 is 0 Å². The van der Waals surface area contributed by atoms with Gasteiger partial charge in [-0.2, -0.15) is 0 Å².